The number of hydrogen-bond donors (Lipinski definition) is 3. The molecule has 6 aromatic rings. The van der Waals surface area contributed by atoms with Crippen LogP contribution in [0.15, 0.2) is 91.4 Å². The molecule has 304 valence electrons. The van der Waals surface area contributed by atoms with Crippen LogP contribution < -0.4 is 26.0 Å². The zero-order valence-electron chi connectivity index (χ0n) is 33.0. The number of rotatable bonds is 9. The van der Waals surface area contributed by atoms with Gasteiger partial charge in [0.05, 0.1) is 22.5 Å². The van der Waals surface area contributed by atoms with Crippen LogP contribution in [0, 0.1) is 11.8 Å². The summed E-state index contributed by atoms with van der Waals surface area (Å²) >= 11 is 0. The Morgan fingerprint density at radius 2 is 1.52 bits per heavy atom. The molecule has 15 nitrogen and oxygen atoms in total. The van der Waals surface area contributed by atoms with E-state index in [9.17, 15) is 14.4 Å². The molecule has 3 aromatic carbocycles. The van der Waals surface area contributed by atoms with Crippen molar-refractivity contribution >= 4 is 51.2 Å². The maximum atomic E-state index is 13.3. The van der Waals surface area contributed by atoms with Crippen molar-refractivity contribution in [2.75, 3.05) is 49.9 Å². The lowest BCUT2D eigenvalue weighted by Gasteiger charge is -2.54. The molecular formula is C45H45N11O4. The number of piperidine rings is 1. The van der Waals surface area contributed by atoms with Crippen molar-refractivity contribution in [1.29, 1.82) is 0 Å². The summed E-state index contributed by atoms with van der Waals surface area (Å²) in [5.74, 6) is 2.07. The monoisotopic (exact) mass is 803 g/mol. The average molecular weight is 804 g/mol. The summed E-state index contributed by atoms with van der Waals surface area (Å²) in [6.07, 6.45) is 5.85. The van der Waals surface area contributed by atoms with Gasteiger partial charge in [0.15, 0.2) is 5.65 Å². The van der Waals surface area contributed by atoms with Crippen LogP contribution in [-0.4, -0.2) is 110 Å². The normalized spacial score (nSPS) is 23.7. The maximum Gasteiger partial charge on any atom is 0.254 e. The minimum absolute atomic E-state index is 0.200. The molecule has 1 saturated carbocycles. The third kappa shape index (κ3) is 6.48. The summed E-state index contributed by atoms with van der Waals surface area (Å²) in [6, 6.07) is 26.0. The highest BCUT2D eigenvalue weighted by Gasteiger charge is 2.48. The standard InChI is InChI=1S/C45H45N11O4/c46-42-39-40(26-8-10-33(11-9-26)60-32-5-2-1-3-6-32)52-56(43(39)49-25-48-42)29-17-27-19-53(20-28(27)18-29)30-21-54(22-30)31-23-55(24-31)37-14-12-35(41-34(37)7-4-16-47-41)44(58)50-36-13-15-38(57)51-45(36)59/h1-12,14,16,25,27-31,36H,13,15,17-24H2,(H,50,58)(H2,46,48,49)(H,51,57,59). The van der Waals surface area contributed by atoms with Crippen LogP contribution in [0.1, 0.15) is 42.1 Å². The Kier molecular flexibility index (Phi) is 8.96. The van der Waals surface area contributed by atoms with Crippen LogP contribution in [0.2, 0.25) is 0 Å². The fourth-order valence-electron chi connectivity index (χ4n) is 10.1. The molecule has 5 fully saturated rings. The highest BCUT2D eigenvalue weighted by molar-refractivity contribution is 6.10. The molecule has 11 rings (SSSR count). The van der Waals surface area contributed by atoms with Gasteiger partial charge >= 0.3 is 0 Å². The second kappa shape index (κ2) is 14.7. The number of nitrogens with one attached hydrogen (secondary N) is 2. The van der Waals surface area contributed by atoms with Gasteiger partial charge in [-0.25, -0.2) is 14.6 Å². The number of pyridine rings is 1. The lowest BCUT2D eigenvalue weighted by Crippen LogP contribution is -2.69. The van der Waals surface area contributed by atoms with E-state index in [1.807, 2.05) is 72.8 Å². The van der Waals surface area contributed by atoms with E-state index in [2.05, 4.69) is 40.0 Å². The second-order valence-electron chi connectivity index (χ2n) is 17.0. The van der Waals surface area contributed by atoms with Gasteiger partial charge in [-0.1, -0.05) is 18.2 Å². The number of nitrogens with zero attached hydrogens (tertiary/aromatic N) is 8. The van der Waals surface area contributed by atoms with Gasteiger partial charge in [0, 0.05) is 80.6 Å². The van der Waals surface area contributed by atoms with Crippen molar-refractivity contribution in [3.05, 3.63) is 97.0 Å². The molecule has 3 atom stereocenters. The number of para-hydroxylation sites is 1. The van der Waals surface area contributed by atoms with E-state index in [4.69, 9.17) is 20.6 Å². The minimum Gasteiger partial charge on any atom is -0.457 e. The van der Waals surface area contributed by atoms with E-state index in [1.54, 1.807) is 18.6 Å². The number of ether oxygens (including phenoxy) is 1. The number of amides is 3. The number of anilines is 2. The number of aromatic nitrogens is 5. The van der Waals surface area contributed by atoms with Crippen molar-refractivity contribution in [3.63, 3.8) is 0 Å². The zero-order valence-corrected chi connectivity index (χ0v) is 33.0. The highest BCUT2D eigenvalue weighted by Crippen LogP contribution is 2.47. The number of carbonyl (C=O) groups excluding carboxylic acids is 3. The van der Waals surface area contributed by atoms with Crippen molar-refractivity contribution in [1.82, 2.24) is 45.2 Å². The number of benzene rings is 3. The number of nitrogen functional groups attached to an aromatic ring is 1. The number of nitrogens with two attached hydrogens (primary N) is 1. The third-order valence-electron chi connectivity index (χ3n) is 13.4. The van der Waals surface area contributed by atoms with E-state index in [1.165, 1.54) is 0 Å². The van der Waals surface area contributed by atoms with Crippen molar-refractivity contribution < 1.29 is 19.1 Å². The van der Waals surface area contributed by atoms with Gasteiger partial charge in [0.2, 0.25) is 11.8 Å². The SMILES string of the molecule is Nc1ncnc2c1c(-c1ccc(Oc3ccccc3)cc1)nn2C1CC2CN(C3CN(C4CN(c5ccc(C(=O)NC6CCC(=O)NC6=O)c6ncccc56)C4)C3)CC2C1. The largest absolute Gasteiger partial charge is 0.457 e. The molecule has 15 heteroatoms. The minimum atomic E-state index is -0.744. The molecular weight excluding hydrogens is 759 g/mol. The van der Waals surface area contributed by atoms with E-state index < -0.39 is 11.9 Å². The molecule has 5 aliphatic rings. The number of hydrogen-bond acceptors (Lipinski definition) is 12. The summed E-state index contributed by atoms with van der Waals surface area (Å²) in [7, 11) is 0. The lowest BCUT2D eigenvalue weighted by atomic mass is 9.96. The molecule has 60 heavy (non-hydrogen) atoms. The number of likely N-dealkylation sites (tertiary alicyclic amines) is 2. The predicted molar refractivity (Wildman–Crippen MR) is 225 cm³/mol. The van der Waals surface area contributed by atoms with Crippen molar-refractivity contribution in [3.8, 4) is 22.8 Å². The lowest BCUT2D eigenvalue weighted by molar-refractivity contribution is -0.134. The summed E-state index contributed by atoms with van der Waals surface area (Å²) in [6.45, 7) is 6.25. The van der Waals surface area contributed by atoms with Gasteiger partial charge in [-0.3, -0.25) is 34.5 Å². The molecule has 0 bridgehead atoms. The van der Waals surface area contributed by atoms with Crippen LogP contribution in [-0.2, 0) is 9.59 Å². The first-order valence-corrected chi connectivity index (χ1v) is 20.9. The first-order chi connectivity index (χ1) is 29.3. The molecule has 1 aliphatic carbocycles. The van der Waals surface area contributed by atoms with Gasteiger partial charge in [0.1, 0.15) is 35.4 Å². The van der Waals surface area contributed by atoms with Crippen molar-refractivity contribution in [2.45, 2.75) is 49.9 Å². The molecule has 3 amide bonds. The molecule has 7 heterocycles. The van der Waals surface area contributed by atoms with Gasteiger partial charge in [0.25, 0.3) is 5.91 Å². The Morgan fingerprint density at radius 1 is 0.783 bits per heavy atom. The number of imide groups is 1. The molecule has 4 aliphatic heterocycles. The van der Waals surface area contributed by atoms with Gasteiger partial charge < -0.3 is 20.7 Å². The Balaban J connectivity index is 0.699. The third-order valence-corrected chi connectivity index (χ3v) is 13.4. The molecule has 0 spiro atoms. The first kappa shape index (κ1) is 36.6. The highest BCUT2D eigenvalue weighted by atomic mass is 16.5. The second-order valence-corrected chi connectivity index (χ2v) is 17.0. The number of fused-ring (bicyclic) bond motifs is 3. The Hall–Kier alpha value is -6.45. The zero-order chi connectivity index (χ0) is 40.5. The molecule has 3 aromatic heterocycles. The Morgan fingerprint density at radius 3 is 2.28 bits per heavy atom. The van der Waals surface area contributed by atoms with E-state index in [0.29, 0.717) is 40.8 Å². The van der Waals surface area contributed by atoms with Gasteiger partial charge in [-0.2, -0.15) is 5.10 Å². The van der Waals surface area contributed by atoms with Gasteiger partial charge in [-0.15, -0.1) is 0 Å². The molecule has 3 unspecified atom stereocenters. The summed E-state index contributed by atoms with van der Waals surface area (Å²) < 4.78 is 8.15. The summed E-state index contributed by atoms with van der Waals surface area (Å²) in [5, 5.41) is 12.0. The van der Waals surface area contributed by atoms with Crippen LogP contribution in [0.5, 0.6) is 11.5 Å². The Labute approximate surface area is 345 Å². The summed E-state index contributed by atoms with van der Waals surface area (Å²) in [4.78, 5) is 58.5. The molecule has 0 radical (unpaired) electrons. The molecule has 4 N–H and O–H groups in total. The van der Waals surface area contributed by atoms with E-state index in [-0.39, 0.29) is 30.7 Å². The first-order valence-electron chi connectivity index (χ1n) is 20.9. The molecule has 4 saturated heterocycles. The van der Waals surface area contributed by atoms with Gasteiger partial charge in [-0.05, 0) is 91.8 Å². The quantitative estimate of drug-likeness (QED) is 0.176. The van der Waals surface area contributed by atoms with E-state index >= 15 is 0 Å². The maximum absolute atomic E-state index is 13.3. The van der Waals surface area contributed by atoms with Crippen LogP contribution in [0.25, 0.3) is 33.2 Å². The fourth-order valence-corrected chi connectivity index (χ4v) is 10.1. The fraction of sp³-hybridized carbons (Fsp3) is 0.356. The van der Waals surface area contributed by atoms with Crippen LogP contribution in [0.4, 0.5) is 11.5 Å². The predicted octanol–water partition coefficient (Wildman–Crippen LogP) is 4.41. The summed E-state index contributed by atoms with van der Waals surface area (Å²) in [5.41, 5.74) is 11.1. The average Bonchev–Trinajstić information content (AvgIpc) is 3.93. The number of carbonyl (C=O) groups is 3. The van der Waals surface area contributed by atoms with E-state index in [0.717, 1.165) is 97.0 Å². The van der Waals surface area contributed by atoms with Crippen LogP contribution in [0.3, 0.4) is 0 Å². The van der Waals surface area contributed by atoms with Crippen LogP contribution >= 0.6 is 0 Å². The Bertz CT molecular complexity index is 2630. The topological polar surface area (TPSA) is 177 Å². The van der Waals surface area contributed by atoms with Crippen molar-refractivity contribution in [2.24, 2.45) is 11.8 Å². The smallest absolute Gasteiger partial charge is 0.254 e.